The van der Waals surface area contributed by atoms with E-state index in [0.29, 0.717) is 6.10 Å². The Balaban J connectivity index is 1.84. The summed E-state index contributed by atoms with van der Waals surface area (Å²) in [7, 11) is 0. The molecule has 1 heteroatoms. The van der Waals surface area contributed by atoms with Gasteiger partial charge >= 0.3 is 0 Å². The molecule has 1 aliphatic carbocycles. The van der Waals surface area contributed by atoms with Crippen molar-refractivity contribution in [1.29, 1.82) is 0 Å². The largest absolute Gasteiger partial charge is 0.378 e. The van der Waals surface area contributed by atoms with Crippen LogP contribution in [0.5, 0.6) is 0 Å². The van der Waals surface area contributed by atoms with Crippen LogP contribution >= 0.6 is 0 Å². The van der Waals surface area contributed by atoms with Crippen LogP contribution in [0.25, 0.3) is 0 Å². The van der Waals surface area contributed by atoms with Crippen LogP contribution in [0.1, 0.15) is 44.9 Å². The van der Waals surface area contributed by atoms with Gasteiger partial charge in [0.2, 0.25) is 0 Å². The third-order valence-corrected chi connectivity index (χ3v) is 2.46. The van der Waals surface area contributed by atoms with E-state index >= 15 is 0 Å². The predicted octanol–water partition coefficient (Wildman–Crippen LogP) is 3.30. The molecule has 1 rings (SSSR count). The molecule has 0 unspecified atom stereocenters. The van der Waals surface area contributed by atoms with Crippen LogP contribution < -0.4 is 0 Å². The maximum Gasteiger partial charge on any atom is 0.0575 e. The lowest BCUT2D eigenvalue weighted by Gasteiger charge is -2.09. The van der Waals surface area contributed by atoms with Gasteiger partial charge in [-0.15, -0.1) is 6.58 Å². The summed E-state index contributed by atoms with van der Waals surface area (Å²) in [5.41, 5.74) is 0. The summed E-state index contributed by atoms with van der Waals surface area (Å²) in [4.78, 5) is 0. The van der Waals surface area contributed by atoms with Crippen molar-refractivity contribution in [3.8, 4) is 0 Å². The molecule has 0 atom stereocenters. The van der Waals surface area contributed by atoms with Gasteiger partial charge in [0.25, 0.3) is 0 Å². The molecule has 0 heterocycles. The lowest BCUT2D eigenvalue weighted by Crippen LogP contribution is -2.08. The highest BCUT2D eigenvalue weighted by molar-refractivity contribution is 4.67. The quantitative estimate of drug-likeness (QED) is 0.437. The second kappa shape index (κ2) is 6.24. The fourth-order valence-corrected chi connectivity index (χ4v) is 1.70. The first-order valence-corrected chi connectivity index (χ1v) is 5.16. The molecule has 0 aromatic carbocycles. The zero-order chi connectivity index (χ0) is 8.65. The Hall–Kier alpha value is -0.300. The van der Waals surface area contributed by atoms with Crippen LogP contribution in [-0.4, -0.2) is 12.7 Å². The van der Waals surface area contributed by atoms with E-state index < -0.39 is 0 Å². The first-order valence-electron chi connectivity index (χ1n) is 5.16. The summed E-state index contributed by atoms with van der Waals surface area (Å²) in [6, 6.07) is 0. The number of hydrogen-bond donors (Lipinski definition) is 0. The Morgan fingerprint density at radius 3 is 2.67 bits per heavy atom. The molecule has 0 spiro atoms. The van der Waals surface area contributed by atoms with E-state index in [0.717, 1.165) is 13.0 Å². The van der Waals surface area contributed by atoms with Gasteiger partial charge in [0.15, 0.2) is 0 Å². The lowest BCUT2D eigenvalue weighted by molar-refractivity contribution is 0.0560. The van der Waals surface area contributed by atoms with E-state index in [-0.39, 0.29) is 0 Å². The van der Waals surface area contributed by atoms with Crippen molar-refractivity contribution in [2.45, 2.75) is 51.0 Å². The first kappa shape index (κ1) is 9.79. The molecule has 70 valence electrons. The molecule has 0 aromatic heterocycles. The Morgan fingerprint density at radius 2 is 2.00 bits per heavy atom. The molecule has 0 amide bonds. The second-order valence-electron chi connectivity index (χ2n) is 3.56. The minimum Gasteiger partial charge on any atom is -0.378 e. The first-order chi connectivity index (χ1) is 5.93. The summed E-state index contributed by atoms with van der Waals surface area (Å²) < 4.78 is 5.72. The molecule has 0 bridgehead atoms. The maximum absolute atomic E-state index is 5.72. The van der Waals surface area contributed by atoms with Crippen LogP contribution in [0, 0.1) is 0 Å². The number of hydrogen-bond acceptors (Lipinski definition) is 1. The molecule has 1 fully saturated rings. The van der Waals surface area contributed by atoms with Gasteiger partial charge in [-0.2, -0.15) is 0 Å². The van der Waals surface area contributed by atoms with Crippen LogP contribution in [0.4, 0.5) is 0 Å². The van der Waals surface area contributed by atoms with E-state index in [1.807, 2.05) is 6.08 Å². The van der Waals surface area contributed by atoms with Gasteiger partial charge in [0, 0.05) is 6.61 Å². The SMILES string of the molecule is C=CCCCCOC1CCCC1. The van der Waals surface area contributed by atoms with E-state index in [1.165, 1.54) is 38.5 Å². The molecule has 1 nitrogen and oxygen atoms in total. The van der Waals surface area contributed by atoms with Gasteiger partial charge < -0.3 is 4.74 Å². The normalized spacial score (nSPS) is 18.3. The Labute approximate surface area is 75.8 Å². The minimum atomic E-state index is 0.591. The Bertz CT molecular complexity index is 114. The van der Waals surface area contributed by atoms with Crippen molar-refractivity contribution < 1.29 is 4.74 Å². The van der Waals surface area contributed by atoms with Crippen molar-refractivity contribution in [2.24, 2.45) is 0 Å². The van der Waals surface area contributed by atoms with Crippen molar-refractivity contribution in [1.82, 2.24) is 0 Å². The summed E-state index contributed by atoms with van der Waals surface area (Å²) >= 11 is 0. The van der Waals surface area contributed by atoms with Gasteiger partial charge in [-0.05, 0) is 32.1 Å². The van der Waals surface area contributed by atoms with Gasteiger partial charge in [-0.25, -0.2) is 0 Å². The zero-order valence-electron chi connectivity index (χ0n) is 7.93. The van der Waals surface area contributed by atoms with Crippen molar-refractivity contribution in [2.75, 3.05) is 6.61 Å². The Kier molecular flexibility index (Phi) is 5.09. The molecule has 1 aliphatic rings. The van der Waals surface area contributed by atoms with Gasteiger partial charge in [0.05, 0.1) is 6.10 Å². The molecule has 12 heavy (non-hydrogen) atoms. The summed E-state index contributed by atoms with van der Waals surface area (Å²) in [6.07, 6.45) is 11.5. The van der Waals surface area contributed by atoms with Crippen LogP contribution in [0.3, 0.4) is 0 Å². The van der Waals surface area contributed by atoms with E-state index in [9.17, 15) is 0 Å². The highest BCUT2D eigenvalue weighted by atomic mass is 16.5. The highest BCUT2D eigenvalue weighted by Crippen LogP contribution is 2.20. The summed E-state index contributed by atoms with van der Waals surface area (Å²) in [6.45, 7) is 4.65. The average molecular weight is 168 g/mol. The van der Waals surface area contributed by atoms with Gasteiger partial charge in [0.1, 0.15) is 0 Å². The standard InChI is InChI=1S/C11H20O/c1-2-3-4-7-10-12-11-8-5-6-9-11/h2,11H,1,3-10H2. The monoisotopic (exact) mass is 168 g/mol. The fraction of sp³-hybridized carbons (Fsp3) is 0.818. The van der Waals surface area contributed by atoms with Crippen LogP contribution in [0.2, 0.25) is 0 Å². The van der Waals surface area contributed by atoms with E-state index in [1.54, 1.807) is 0 Å². The van der Waals surface area contributed by atoms with Crippen molar-refractivity contribution in [3.05, 3.63) is 12.7 Å². The summed E-state index contributed by atoms with van der Waals surface area (Å²) in [5.74, 6) is 0. The molecule has 0 N–H and O–H groups in total. The third kappa shape index (κ3) is 3.91. The van der Waals surface area contributed by atoms with Gasteiger partial charge in [-0.3, -0.25) is 0 Å². The summed E-state index contributed by atoms with van der Waals surface area (Å²) in [5, 5.41) is 0. The average Bonchev–Trinajstić information content (AvgIpc) is 2.57. The van der Waals surface area contributed by atoms with E-state index in [4.69, 9.17) is 4.74 Å². The van der Waals surface area contributed by atoms with Crippen molar-refractivity contribution >= 4 is 0 Å². The smallest absolute Gasteiger partial charge is 0.0575 e. The molecule has 0 radical (unpaired) electrons. The fourth-order valence-electron chi connectivity index (χ4n) is 1.70. The molecule has 1 saturated carbocycles. The second-order valence-corrected chi connectivity index (χ2v) is 3.56. The van der Waals surface area contributed by atoms with Gasteiger partial charge in [-0.1, -0.05) is 18.9 Å². The molecule has 0 saturated heterocycles. The number of ether oxygens (including phenoxy) is 1. The molecule has 0 aromatic rings. The van der Waals surface area contributed by atoms with Crippen LogP contribution in [0.15, 0.2) is 12.7 Å². The maximum atomic E-state index is 5.72. The predicted molar refractivity (Wildman–Crippen MR) is 52.3 cm³/mol. The topological polar surface area (TPSA) is 9.23 Å². The number of allylic oxidation sites excluding steroid dienone is 1. The lowest BCUT2D eigenvalue weighted by atomic mass is 10.2. The van der Waals surface area contributed by atoms with E-state index in [2.05, 4.69) is 6.58 Å². The minimum absolute atomic E-state index is 0.591. The highest BCUT2D eigenvalue weighted by Gasteiger charge is 2.14. The van der Waals surface area contributed by atoms with Crippen LogP contribution in [-0.2, 0) is 4.74 Å². The molecule has 0 aliphatic heterocycles. The van der Waals surface area contributed by atoms with Crippen molar-refractivity contribution in [3.63, 3.8) is 0 Å². The number of rotatable bonds is 6. The zero-order valence-corrected chi connectivity index (χ0v) is 7.93. The molecular weight excluding hydrogens is 148 g/mol. The third-order valence-electron chi connectivity index (χ3n) is 2.46. The Morgan fingerprint density at radius 1 is 1.25 bits per heavy atom. The molecular formula is C11H20O. The number of unbranched alkanes of at least 4 members (excludes halogenated alkanes) is 2.